The minimum absolute atomic E-state index is 0. The summed E-state index contributed by atoms with van der Waals surface area (Å²) in [6.07, 6.45) is 0. The summed E-state index contributed by atoms with van der Waals surface area (Å²) in [7, 11) is 0. The first-order valence-electron chi connectivity index (χ1n) is 3.05. The molecule has 1 aromatic carbocycles. The van der Waals surface area contributed by atoms with Gasteiger partial charge in [0, 0.05) is 6.07 Å². The molecule has 1 rings (SSSR count). The van der Waals surface area contributed by atoms with E-state index in [9.17, 15) is 10.1 Å². The number of nitro groups is 1. The van der Waals surface area contributed by atoms with Crippen molar-refractivity contribution in [3.8, 4) is 0 Å². The van der Waals surface area contributed by atoms with E-state index in [1.165, 1.54) is 6.07 Å². The first-order chi connectivity index (χ1) is 5.11. The van der Waals surface area contributed by atoms with Crippen LogP contribution in [0, 0.1) is 17.0 Å². The third kappa shape index (κ3) is 2.79. The molecule has 0 fully saturated rings. The van der Waals surface area contributed by atoms with Gasteiger partial charge in [-0.3, -0.25) is 10.1 Å². The van der Waals surface area contributed by atoms with Crippen LogP contribution in [0.2, 0.25) is 0 Å². The van der Waals surface area contributed by atoms with Crippen LogP contribution < -0.4 is 29.6 Å². The molecule has 0 radical (unpaired) electrons. The van der Waals surface area contributed by atoms with E-state index in [4.69, 9.17) is 0 Å². The minimum Gasteiger partial charge on any atom is -0.258 e. The molecule has 0 atom stereocenters. The Labute approximate surface area is 98.0 Å². The van der Waals surface area contributed by atoms with Crippen LogP contribution >= 0.6 is 12.6 Å². The van der Waals surface area contributed by atoms with Crippen molar-refractivity contribution in [3.63, 3.8) is 0 Å². The second-order valence-corrected chi connectivity index (χ2v) is 2.73. The van der Waals surface area contributed by atoms with Crippen molar-refractivity contribution in [1.82, 2.24) is 0 Å². The van der Waals surface area contributed by atoms with Crippen molar-refractivity contribution in [2.45, 2.75) is 11.8 Å². The van der Waals surface area contributed by atoms with Crippen LogP contribution in [0.4, 0.5) is 5.69 Å². The van der Waals surface area contributed by atoms with Crippen molar-refractivity contribution in [3.05, 3.63) is 33.9 Å². The number of hydrogen-bond acceptors (Lipinski definition) is 3. The molecule has 1 aromatic rings. The van der Waals surface area contributed by atoms with Crippen molar-refractivity contribution >= 4 is 18.3 Å². The van der Waals surface area contributed by atoms with E-state index in [0.717, 1.165) is 5.56 Å². The number of rotatable bonds is 1. The molecule has 58 valence electrons. The van der Waals surface area contributed by atoms with Gasteiger partial charge in [-0.05, 0) is 18.6 Å². The maximum absolute atomic E-state index is 10.3. The molecule has 0 bridgehead atoms. The number of hydrogen-bond donors (Lipinski definition) is 1. The molecule has 0 saturated carbocycles. The Morgan fingerprint density at radius 1 is 1.50 bits per heavy atom. The Bertz CT molecular complexity index is 303. The molecule has 0 aromatic heterocycles. The quantitative estimate of drug-likeness (QED) is 0.274. The van der Waals surface area contributed by atoms with Crippen LogP contribution in [0.1, 0.15) is 5.56 Å². The van der Waals surface area contributed by atoms with Gasteiger partial charge in [-0.25, -0.2) is 0 Å². The second kappa shape index (κ2) is 4.87. The molecule has 0 unspecified atom stereocenters. The zero-order valence-electron chi connectivity index (χ0n) is 6.94. The maximum atomic E-state index is 10.3. The van der Waals surface area contributed by atoms with Gasteiger partial charge in [0.1, 0.15) is 0 Å². The van der Waals surface area contributed by atoms with E-state index in [0.29, 0.717) is 4.90 Å². The predicted molar refractivity (Wildman–Crippen MR) is 45.1 cm³/mol. The van der Waals surface area contributed by atoms with Gasteiger partial charge in [-0.15, -0.1) is 12.6 Å². The summed E-state index contributed by atoms with van der Waals surface area (Å²) in [5.41, 5.74) is 0.933. The van der Waals surface area contributed by atoms with Crippen LogP contribution in [0.5, 0.6) is 0 Å². The number of benzene rings is 1. The van der Waals surface area contributed by atoms with Gasteiger partial charge in [-0.2, -0.15) is 0 Å². The number of aryl methyl sites for hydroxylation is 1. The van der Waals surface area contributed by atoms with Gasteiger partial charge >= 0.3 is 29.6 Å². The van der Waals surface area contributed by atoms with E-state index in [-0.39, 0.29) is 35.2 Å². The fourth-order valence-electron chi connectivity index (χ4n) is 0.780. The molecule has 12 heavy (non-hydrogen) atoms. The van der Waals surface area contributed by atoms with E-state index in [1.807, 2.05) is 0 Å². The summed E-state index contributed by atoms with van der Waals surface area (Å²) in [4.78, 5) is 10.3. The van der Waals surface area contributed by atoms with Gasteiger partial charge in [0.05, 0.1) is 9.82 Å². The van der Waals surface area contributed by atoms with E-state index in [1.54, 1.807) is 19.1 Å². The number of nitro benzene ring substituents is 1. The average molecular weight is 192 g/mol. The van der Waals surface area contributed by atoms with Crippen molar-refractivity contribution in [1.29, 1.82) is 0 Å². The van der Waals surface area contributed by atoms with Gasteiger partial charge in [0.15, 0.2) is 0 Å². The van der Waals surface area contributed by atoms with E-state index >= 15 is 0 Å². The summed E-state index contributed by atoms with van der Waals surface area (Å²) in [5, 5.41) is 10.3. The summed E-state index contributed by atoms with van der Waals surface area (Å²) in [6, 6.07) is 4.91. The van der Waals surface area contributed by atoms with Crippen LogP contribution in [0.3, 0.4) is 0 Å². The normalized spacial score (nSPS) is 8.83. The molecule has 0 saturated heterocycles. The van der Waals surface area contributed by atoms with Crippen LogP contribution in [0.15, 0.2) is 23.1 Å². The Morgan fingerprint density at radius 2 is 2.08 bits per heavy atom. The van der Waals surface area contributed by atoms with E-state index in [2.05, 4.69) is 12.6 Å². The molecule has 0 heterocycles. The van der Waals surface area contributed by atoms with E-state index < -0.39 is 4.92 Å². The Balaban J connectivity index is 0.00000121. The molecule has 0 aliphatic rings. The minimum atomic E-state index is -0.435. The first kappa shape index (κ1) is 12.0. The Hall–Kier alpha value is -0.0300. The number of nitrogens with zero attached hydrogens (tertiary/aromatic N) is 1. The summed E-state index contributed by atoms with van der Waals surface area (Å²) >= 11 is 3.94. The molecular formula is C7H7NNaO2S+. The van der Waals surface area contributed by atoms with Gasteiger partial charge in [-0.1, -0.05) is 6.07 Å². The van der Waals surface area contributed by atoms with Gasteiger partial charge in [0.2, 0.25) is 0 Å². The van der Waals surface area contributed by atoms with Gasteiger partial charge < -0.3 is 0 Å². The fourth-order valence-corrected chi connectivity index (χ4v) is 1.00. The molecule has 0 spiro atoms. The largest absolute Gasteiger partial charge is 1.00 e. The molecule has 0 aliphatic carbocycles. The fraction of sp³-hybridized carbons (Fsp3) is 0.143. The van der Waals surface area contributed by atoms with Crippen LogP contribution in [-0.2, 0) is 0 Å². The Morgan fingerprint density at radius 3 is 2.50 bits per heavy atom. The third-order valence-corrected chi connectivity index (χ3v) is 1.71. The smallest absolute Gasteiger partial charge is 0.258 e. The molecule has 5 heteroatoms. The molecular weight excluding hydrogens is 185 g/mol. The first-order valence-corrected chi connectivity index (χ1v) is 3.50. The monoisotopic (exact) mass is 192 g/mol. The van der Waals surface area contributed by atoms with Crippen molar-refractivity contribution < 1.29 is 34.5 Å². The van der Waals surface area contributed by atoms with Gasteiger partial charge in [0.25, 0.3) is 5.69 Å². The summed E-state index contributed by atoms with van der Waals surface area (Å²) < 4.78 is 0. The van der Waals surface area contributed by atoms with Crippen LogP contribution in [-0.4, -0.2) is 4.92 Å². The zero-order chi connectivity index (χ0) is 8.43. The molecule has 0 aliphatic heterocycles. The topological polar surface area (TPSA) is 43.1 Å². The summed E-state index contributed by atoms with van der Waals surface area (Å²) in [5.74, 6) is 0. The molecule has 0 amide bonds. The second-order valence-electron chi connectivity index (χ2n) is 2.25. The Kier molecular flexibility index (Phi) is 4.85. The van der Waals surface area contributed by atoms with Crippen LogP contribution in [0.25, 0.3) is 0 Å². The SMILES string of the molecule is Cc1ccc(S)c([N+](=O)[O-])c1.[Na+]. The third-order valence-electron chi connectivity index (χ3n) is 1.33. The standard InChI is InChI=1S/C7H7NO2S.Na/c1-5-2-3-7(11)6(4-5)8(9)10;/h2-4,11H,1H3;/q;+1. The summed E-state index contributed by atoms with van der Waals surface area (Å²) in [6.45, 7) is 1.81. The van der Waals surface area contributed by atoms with Crippen molar-refractivity contribution in [2.24, 2.45) is 0 Å². The molecule has 3 nitrogen and oxygen atoms in total. The maximum Gasteiger partial charge on any atom is 1.00 e. The van der Waals surface area contributed by atoms with Crippen molar-refractivity contribution in [2.75, 3.05) is 0 Å². The average Bonchev–Trinajstić information content (AvgIpc) is 1.94. The zero-order valence-corrected chi connectivity index (χ0v) is 9.84. The number of thiol groups is 1. The predicted octanol–water partition coefficient (Wildman–Crippen LogP) is -0.804. The molecule has 0 N–H and O–H groups in total.